The lowest BCUT2D eigenvalue weighted by Gasteiger charge is -2.28. The topological polar surface area (TPSA) is 53.4 Å². The number of aliphatic carboxylic acids is 1. The van der Waals surface area contributed by atoms with Gasteiger partial charge in [0.25, 0.3) is 0 Å². The minimum atomic E-state index is -4.57. The smallest absolute Gasteiger partial charge is 0.404 e. The Bertz CT molecular complexity index is 459. The molecule has 0 aliphatic rings. The molecule has 0 bridgehead atoms. The summed E-state index contributed by atoms with van der Waals surface area (Å²) in [5.41, 5.74) is 0.686. The molecule has 8 heteroatoms. The molecular formula is C11H15F3N2O2S. The third-order valence-electron chi connectivity index (χ3n) is 2.67. The predicted molar refractivity (Wildman–Crippen MR) is 65.2 cm³/mol. The number of halogens is 3. The molecule has 0 saturated heterocycles. The molecule has 1 aromatic heterocycles. The molecule has 0 amide bonds. The van der Waals surface area contributed by atoms with Gasteiger partial charge in [0.2, 0.25) is 0 Å². The molecule has 1 unspecified atom stereocenters. The van der Waals surface area contributed by atoms with E-state index < -0.39 is 24.6 Å². The lowest BCUT2D eigenvalue weighted by molar-refractivity contribution is -0.188. The Morgan fingerprint density at radius 1 is 1.47 bits per heavy atom. The average Bonchev–Trinajstić information content (AvgIpc) is 2.52. The highest BCUT2D eigenvalue weighted by molar-refractivity contribution is 7.11. The quantitative estimate of drug-likeness (QED) is 0.907. The molecule has 1 atom stereocenters. The SMILES string of the molecule is Cc1nc(C)c(CN(C)C(CC(=O)O)C(F)(F)F)s1. The molecule has 0 aliphatic heterocycles. The van der Waals surface area contributed by atoms with E-state index in [4.69, 9.17) is 5.11 Å². The molecule has 0 fully saturated rings. The number of alkyl halides is 3. The number of hydrogen-bond donors (Lipinski definition) is 1. The van der Waals surface area contributed by atoms with Crippen LogP contribution in [0.3, 0.4) is 0 Å². The number of thiazole rings is 1. The summed E-state index contributed by atoms with van der Waals surface area (Å²) in [4.78, 5) is 16.4. The molecule has 0 aromatic carbocycles. The maximum Gasteiger partial charge on any atom is 0.404 e. The van der Waals surface area contributed by atoms with E-state index in [1.807, 2.05) is 0 Å². The first kappa shape index (κ1) is 15.9. The Balaban J connectivity index is 2.85. The van der Waals surface area contributed by atoms with Crippen LogP contribution in [0.25, 0.3) is 0 Å². The predicted octanol–water partition coefficient (Wildman–Crippen LogP) is 2.60. The Kier molecular flexibility index (Phi) is 4.92. The van der Waals surface area contributed by atoms with Crippen LogP contribution in [0.15, 0.2) is 0 Å². The summed E-state index contributed by atoms with van der Waals surface area (Å²) in [7, 11) is 1.27. The van der Waals surface area contributed by atoms with Crippen molar-refractivity contribution in [2.75, 3.05) is 7.05 Å². The molecule has 0 radical (unpaired) electrons. The fourth-order valence-electron chi connectivity index (χ4n) is 1.74. The number of carboxylic acids is 1. The highest BCUT2D eigenvalue weighted by Crippen LogP contribution is 2.29. The number of aryl methyl sites for hydroxylation is 2. The third kappa shape index (κ3) is 4.46. The van der Waals surface area contributed by atoms with Crippen LogP contribution in [-0.4, -0.2) is 40.2 Å². The van der Waals surface area contributed by atoms with Gasteiger partial charge in [0.15, 0.2) is 0 Å². The molecule has 4 nitrogen and oxygen atoms in total. The highest BCUT2D eigenvalue weighted by atomic mass is 32.1. The van der Waals surface area contributed by atoms with Crippen molar-refractivity contribution in [2.24, 2.45) is 0 Å². The van der Waals surface area contributed by atoms with Crippen molar-refractivity contribution in [3.8, 4) is 0 Å². The van der Waals surface area contributed by atoms with Gasteiger partial charge in [0, 0.05) is 11.4 Å². The number of rotatable bonds is 5. The Morgan fingerprint density at radius 3 is 2.42 bits per heavy atom. The summed E-state index contributed by atoms with van der Waals surface area (Å²) in [5, 5.41) is 9.36. The fraction of sp³-hybridized carbons (Fsp3) is 0.636. The summed E-state index contributed by atoms with van der Waals surface area (Å²) < 4.78 is 38.5. The van der Waals surface area contributed by atoms with Gasteiger partial charge in [-0.05, 0) is 20.9 Å². The standard InChI is InChI=1S/C11H15F3N2O2S/c1-6-8(19-7(2)15-6)5-16(3)9(4-10(17)18)11(12,13)14/h9H,4-5H2,1-3H3,(H,17,18). The molecular weight excluding hydrogens is 281 g/mol. The summed E-state index contributed by atoms with van der Waals surface area (Å²) >= 11 is 1.32. The van der Waals surface area contributed by atoms with E-state index in [0.717, 1.165) is 14.8 Å². The van der Waals surface area contributed by atoms with Crippen LogP contribution < -0.4 is 0 Å². The summed E-state index contributed by atoms with van der Waals surface area (Å²) in [6, 6.07) is -1.99. The Hall–Kier alpha value is -1.15. The maximum atomic E-state index is 12.8. The maximum absolute atomic E-state index is 12.8. The summed E-state index contributed by atoms with van der Waals surface area (Å²) in [6.45, 7) is 3.54. The zero-order valence-corrected chi connectivity index (χ0v) is 11.6. The van der Waals surface area contributed by atoms with Crippen molar-refractivity contribution in [2.45, 2.75) is 39.0 Å². The van der Waals surface area contributed by atoms with E-state index >= 15 is 0 Å². The number of carboxylic acid groups (broad SMARTS) is 1. The van der Waals surface area contributed by atoms with Crippen LogP contribution >= 0.6 is 11.3 Å². The molecule has 19 heavy (non-hydrogen) atoms. The molecule has 108 valence electrons. The fourth-order valence-corrected chi connectivity index (χ4v) is 2.74. The first-order valence-corrected chi connectivity index (χ1v) is 6.34. The van der Waals surface area contributed by atoms with Gasteiger partial charge in [0.05, 0.1) is 17.1 Å². The van der Waals surface area contributed by atoms with E-state index in [0.29, 0.717) is 5.69 Å². The van der Waals surface area contributed by atoms with Gasteiger partial charge < -0.3 is 5.11 Å². The van der Waals surface area contributed by atoms with Crippen molar-refractivity contribution < 1.29 is 23.1 Å². The molecule has 0 saturated carbocycles. The minimum absolute atomic E-state index is 0.0365. The molecule has 1 rings (SSSR count). The highest BCUT2D eigenvalue weighted by Gasteiger charge is 2.43. The van der Waals surface area contributed by atoms with E-state index in [1.165, 1.54) is 18.4 Å². The van der Waals surface area contributed by atoms with Crippen molar-refractivity contribution in [3.63, 3.8) is 0 Å². The van der Waals surface area contributed by atoms with Crippen LogP contribution in [0, 0.1) is 13.8 Å². The zero-order chi connectivity index (χ0) is 14.8. The van der Waals surface area contributed by atoms with E-state index in [-0.39, 0.29) is 6.54 Å². The van der Waals surface area contributed by atoms with E-state index in [2.05, 4.69) is 4.98 Å². The average molecular weight is 296 g/mol. The Morgan fingerprint density at radius 2 is 2.05 bits per heavy atom. The second-order valence-electron chi connectivity index (χ2n) is 4.31. The van der Waals surface area contributed by atoms with Crippen molar-refractivity contribution in [1.82, 2.24) is 9.88 Å². The Labute approximate surface area is 112 Å². The lowest BCUT2D eigenvalue weighted by Crippen LogP contribution is -2.44. The first-order chi connectivity index (χ1) is 8.61. The van der Waals surface area contributed by atoms with Gasteiger partial charge in [0.1, 0.15) is 6.04 Å². The van der Waals surface area contributed by atoms with Gasteiger partial charge >= 0.3 is 12.1 Å². The van der Waals surface area contributed by atoms with Gasteiger partial charge in [-0.3, -0.25) is 9.69 Å². The largest absolute Gasteiger partial charge is 0.481 e. The normalized spacial score (nSPS) is 13.8. The lowest BCUT2D eigenvalue weighted by atomic mass is 10.1. The van der Waals surface area contributed by atoms with E-state index in [9.17, 15) is 18.0 Å². The number of carbonyl (C=O) groups is 1. The van der Waals surface area contributed by atoms with Crippen LogP contribution in [0.2, 0.25) is 0 Å². The minimum Gasteiger partial charge on any atom is -0.481 e. The molecule has 0 spiro atoms. The van der Waals surface area contributed by atoms with E-state index in [1.54, 1.807) is 13.8 Å². The van der Waals surface area contributed by atoms with Gasteiger partial charge in [-0.1, -0.05) is 0 Å². The van der Waals surface area contributed by atoms with Gasteiger partial charge in [-0.2, -0.15) is 13.2 Å². The molecule has 1 aromatic rings. The number of hydrogen-bond acceptors (Lipinski definition) is 4. The number of nitrogens with zero attached hydrogens (tertiary/aromatic N) is 2. The number of aromatic nitrogens is 1. The summed E-state index contributed by atoms with van der Waals surface area (Å²) in [6.07, 6.45) is -5.53. The van der Waals surface area contributed by atoms with Crippen molar-refractivity contribution in [1.29, 1.82) is 0 Å². The van der Waals surface area contributed by atoms with Crippen LogP contribution in [0.4, 0.5) is 13.2 Å². The second kappa shape index (κ2) is 5.87. The molecule has 1 N–H and O–H groups in total. The molecule has 1 heterocycles. The monoisotopic (exact) mass is 296 g/mol. The van der Waals surface area contributed by atoms with Crippen molar-refractivity contribution in [3.05, 3.63) is 15.6 Å². The van der Waals surface area contributed by atoms with Crippen molar-refractivity contribution >= 4 is 17.3 Å². The van der Waals surface area contributed by atoms with Crippen LogP contribution in [0.5, 0.6) is 0 Å². The first-order valence-electron chi connectivity index (χ1n) is 5.53. The second-order valence-corrected chi connectivity index (χ2v) is 5.60. The van der Waals surface area contributed by atoms with Crippen LogP contribution in [-0.2, 0) is 11.3 Å². The van der Waals surface area contributed by atoms with Gasteiger partial charge in [-0.15, -0.1) is 11.3 Å². The van der Waals surface area contributed by atoms with Crippen LogP contribution in [0.1, 0.15) is 22.0 Å². The third-order valence-corrected chi connectivity index (χ3v) is 3.73. The summed E-state index contributed by atoms with van der Waals surface area (Å²) in [5.74, 6) is -1.47. The van der Waals surface area contributed by atoms with Gasteiger partial charge in [-0.25, -0.2) is 4.98 Å². The zero-order valence-electron chi connectivity index (χ0n) is 10.8. The molecule has 0 aliphatic carbocycles.